The summed E-state index contributed by atoms with van der Waals surface area (Å²) < 4.78 is 0. The normalized spacial score (nSPS) is 22.9. The van der Waals surface area contributed by atoms with Crippen LogP contribution in [0.3, 0.4) is 0 Å². The molecule has 0 bridgehead atoms. The Bertz CT molecular complexity index is 338. The summed E-state index contributed by atoms with van der Waals surface area (Å²) in [5.41, 5.74) is 1.44. The third-order valence-corrected chi connectivity index (χ3v) is 4.11. The second-order valence-electron chi connectivity index (χ2n) is 5.59. The average molecular weight is 247 g/mol. The van der Waals surface area contributed by atoms with E-state index in [0.717, 1.165) is 13.1 Å². The Labute approximate surface area is 111 Å². The topological polar surface area (TPSA) is 23.5 Å². The minimum absolute atomic E-state index is 0.352. The van der Waals surface area contributed by atoms with Gasteiger partial charge in [-0.15, -0.1) is 0 Å². The molecule has 100 valence electrons. The fourth-order valence-electron chi connectivity index (χ4n) is 2.83. The maximum absolute atomic E-state index is 9.24. The van der Waals surface area contributed by atoms with Gasteiger partial charge in [0.05, 0.1) is 0 Å². The molecule has 2 heteroatoms. The summed E-state index contributed by atoms with van der Waals surface area (Å²) in [4.78, 5) is 2.52. The number of hydrogen-bond donors (Lipinski definition) is 1. The summed E-state index contributed by atoms with van der Waals surface area (Å²) in [6.07, 6.45) is 3.65. The molecule has 0 aromatic heterocycles. The molecule has 1 N–H and O–H groups in total. The number of aliphatic hydroxyl groups excluding tert-OH is 1. The molecule has 0 saturated carbocycles. The summed E-state index contributed by atoms with van der Waals surface area (Å²) in [5.74, 6) is 1.13. The van der Waals surface area contributed by atoms with Gasteiger partial charge >= 0.3 is 0 Å². The van der Waals surface area contributed by atoms with E-state index in [0.29, 0.717) is 18.4 Å². The number of hydrogen-bond acceptors (Lipinski definition) is 2. The molecule has 1 aromatic rings. The van der Waals surface area contributed by atoms with Crippen molar-refractivity contribution >= 4 is 0 Å². The number of piperidine rings is 1. The minimum atomic E-state index is 0.352. The molecular weight excluding hydrogens is 222 g/mol. The van der Waals surface area contributed by atoms with E-state index < -0.39 is 0 Å². The largest absolute Gasteiger partial charge is 0.396 e. The molecule has 2 nitrogen and oxygen atoms in total. The lowest BCUT2D eigenvalue weighted by Gasteiger charge is -2.32. The first kappa shape index (κ1) is 13.6. The molecule has 0 amide bonds. The third-order valence-electron chi connectivity index (χ3n) is 4.11. The van der Waals surface area contributed by atoms with Gasteiger partial charge in [0.1, 0.15) is 0 Å². The lowest BCUT2D eigenvalue weighted by atomic mass is 9.95. The maximum atomic E-state index is 9.24. The fourth-order valence-corrected chi connectivity index (χ4v) is 2.83. The molecule has 1 heterocycles. The van der Waals surface area contributed by atoms with Gasteiger partial charge in [0.15, 0.2) is 0 Å². The van der Waals surface area contributed by atoms with E-state index in [-0.39, 0.29) is 0 Å². The van der Waals surface area contributed by atoms with Crippen LogP contribution in [0.25, 0.3) is 0 Å². The Morgan fingerprint density at radius 2 is 2.11 bits per heavy atom. The Balaban J connectivity index is 1.77. The Morgan fingerprint density at radius 3 is 2.83 bits per heavy atom. The van der Waals surface area contributed by atoms with E-state index in [1.54, 1.807) is 0 Å². The van der Waals surface area contributed by atoms with Gasteiger partial charge in [0.2, 0.25) is 0 Å². The highest BCUT2D eigenvalue weighted by atomic mass is 16.3. The summed E-state index contributed by atoms with van der Waals surface area (Å²) in [5, 5.41) is 9.24. The molecule has 2 atom stereocenters. The van der Waals surface area contributed by atoms with Crippen molar-refractivity contribution in [1.29, 1.82) is 0 Å². The van der Waals surface area contributed by atoms with Crippen LogP contribution in [0, 0.1) is 5.92 Å². The van der Waals surface area contributed by atoms with Gasteiger partial charge in [0, 0.05) is 13.2 Å². The van der Waals surface area contributed by atoms with Gasteiger partial charge in [-0.05, 0) is 49.8 Å². The van der Waals surface area contributed by atoms with E-state index in [2.05, 4.69) is 42.2 Å². The molecule has 0 unspecified atom stereocenters. The fraction of sp³-hybridized carbons (Fsp3) is 0.625. The van der Waals surface area contributed by atoms with Crippen molar-refractivity contribution in [3.05, 3.63) is 35.9 Å². The second kappa shape index (κ2) is 6.91. The molecule has 1 aromatic carbocycles. The van der Waals surface area contributed by atoms with Crippen molar-refractivity contribution in [3.8, 4) is 0 Å². The molecule has 1 aliphatic heterocycles. The zero-order valence-corrected chi connectivity index (χ0v) is 11.4. The van der Waals surface area contributed by atoms with E-state index in [1.807, 2.05) is 0 Å². The SMILES string of the molecule is C[C@H](CCN1CCC[C@H](CO)C1)c1ccccc1. The van der Waals surface area contributed by atoms with E-state index in [1.165, 1.54) is 31.4 Å². The molecule has 1 saturated heterocycles. The van der Waals surface area contributed by atoms with Crippen molar-refractivity contribution in [2.75, 3.05) is 26.2 Å². The second-order valence-corrected chi connectivity index (χ2v) is 5.59. The number of likely N-dealkylation sites (tertiary alicyclic amines) is 1. The van der Waals surface area contributed by atoms with Gasteiger partial charge in [-0.2, -0.15) is 0 Å². The van der Waals surface area contributed by atoms with Gasteiger partial charge in [-0.3, -0.25) is 0 Å². The Hall–Kier alpha value is -0.860. The van der Waals surface area contributed by atoms with E-state index >= 15 is 0 Å². The number of aliphatic hydroxyl groups is 1. The summed E-state index contributed by atoms with van der Waals surface area (Å²) in [7, 11) is 0. The van der Waals surface area contributed by atoms with Gasteiger partial charge in [-0.1, -0.05) is 37.3 Å². The minimum Gasteiger partial charge on any atom is -0.396 e. The van der Waals surface area contributed by atoms with Crippen molar-refractivity contribution < 1.29 is 5.11 Å². The van der Waals surface area contributed by atoms with Gasteiger partial charge in [-0.25, -0.2) is 0 Å². The van der Waals surface area contributed by atoms with Crippen LogP contribution in [-0.2, 0) is 0 Å². The first-order chi connectivity index (χ1) is 8.79. The van der Waals surface area contributed by atoms with Crippen LogP contribution in [0.15, 0.2) is 30.3 Å². The lowest BCUT2D eigenvalue weighted by Crippen LogP contribution is -2.37. The maximum Gasteiger partial charge on any atom is 0.0471 e. The van der Waals surface area contributed by atoms with Crippen LogP contribution in [0.5, 0.6) is 0 Å². The molecule has 1 fully saturated rings. The number of rotatable bonds is 5. The highest BCUT2D eigenvalue weighted by molar-refractivity contribution is 5.18. The molecule has 0 radical (unpaired) electrons. The molecule has 0 aliphatic carbocycles. The highest BCUT2D eigenvalue weighted by Crippen LogP contribution is 2.21. The van der Waals surface area contributed by atoms with Gasteiger partial charge < -0.3 is 10.0 Å². The molecule has 1 aliphatic rings. The number of nitrogens with zero attached hydrogens (tertiary/aromatic N) is 1. The molecule has 2 rings (SSSR count). The summed E-state index contributed by atoms with van der Waals surface area (Å²) >= 11 is 0. The van der Waals surface area contributed by atoms with Gasteiger partial charge in [0.25, 0.3) is 0 Å². The van der Waals surface area contributed by atoms with Crippen molar-refractivity contribution in [2.24, 2.45) is 5.92 Å². The first-order valence-electron chi connectivity index (χ1n) is 7.17. The monoisotopic (exact) mass is 247 g/mol. The van der Waals surface area contributed by atoms with E-state index in [4.69, 9.17) is 0 Å². The van der Waals surface area contributed by atoms with Crippen LogP contribution in [0.1, 0.15) is 37.7 Å². The molecule has 18 heavy (non-hydrogen) atoms. The van der Waals surface area contributed by atoms with Crippen LogP contribution in [-0.4, -0.2) is 36.2 Å². The standard InChI is InChI=1S/C16H25NO/c1-14(16-7-3-2-4-8-16)9-11-17-10-5-6-15(12-17)13-18/h2-4,7-8,14-15,18H,5-6,9-13H2,1H3/t14-,15+/m1/s1. The van der Waals surface area contributed by atoms with Crippen LogP contribution in [0.4, 0.5) is 0 Å². The predicted octanol–water partition coefficient (Wildman–Crippen LogP) is 2.88. The Morgan fingerprint density at radius 1 is 1.33 bits per heavy atom. The smallest absolute Gasteiger partial charge is 0.0471 e. The van der Waals surface area contributed by atoms with Crippen molar-refractivity contribution in [1.82, 2.24) is 4.90 Å². The number of benzene rings is 1. The predicted molar refractivity (Wildman–Crippen MR) is 75.7 cm³/mol. The van der Waals surface area contributed by atoms with Crippen LogP contribution >= 0.6 is 0 Å². The molecular formula is C16H25NO. The van der Waals surface area contributed by atoms with Crippen LogP contribution in [0.2, 0.25) is 0 Å². The van der Waals surface area contributed by atoms with Crippen molar-refractivity contribution in [2.45, 2.75) is 32.1 Å². The quantitative estimate of drug-likeness (QED) is 0.865. The third kappa shape index (κ3) is 3.82. The summed E-state index contributed by atoms with van der Waals surface area (Å²) in [6.45, 7) is 6.11. The Kier molecular flexibility index (Phi) is 5.21. The average Bonchev–Trinajstić information content (AvgIpc) is 2.46. The molecule has 0 spiro atoms. The lowest BCUT2D eigenvalue weighted by molar-refractivity contribution is 0.118. The first-order valence-corrected chi connectivity index (χ1v) is 7.17. The zero-order valence-electron chi connectivity index (χ0n) is 11.4. The van der Waals surface area contributed by atoms with Crippen molar-refractivity contribution in [3.63, 3.8) is 0 Å². The highest BCUT2D eigenvalue weighted by Gasteiger charge is 2.19. The summed E-state index contributed by atoms with van der Waals surface area (Å²) in [6, 6.07) is 10.8. The zero-order chi connectivity index (χ0) is 12.8. The van der Waals surface area contributed by atoms with E-state index in [9.17, 15) is 5.11 Å². The van der Waals surface area contributed by atoms with Crippen LogP contribution < -0.4 is 0 Å².